The quantitative estimate of drug-likeness (QED) is 0.369. The third kappa shape index (κ3) is 5.50. The topological polar surface area (TPSA) is 24.4 Å². The van der Waals surface area contributed by atoms with Crippen LogP contribution < -0.4 is 5.32 Å². The molecule has 0 bridgehead atoms. The van der Waals surface area contributed by atoms with Crippen molar-refractivity contribution in [2.75, 3.05) is 5.32 Å². The van der Waals surface area contributed by atoms with Crippen molar-refractivity contribution >= 4 is 17.2 Å². The van der Waals surface area contributed by atoms with Crippen LogP contribution >= 0.6 is 0 Å². The number of hydrogen-bond donors (Lipinski definition) is 1. The van der Waals surface area contributed by atoms with Gasteiger partial charge >= 0.3 is 0 Å². The van der Waals surface area contributed by atoms with E-state index < -0.39 is 0 Å². The number of nitrogens with zero attached hydrogens (tertiary/aromatic N) is 1. The van der Waals surface area contributed by atoms with E-state index in [9.17, 15) is 0 Å². The van der Waals surface area contributed by atoms with Crippen molar-refractivity contribution < 1.29 is 0 Å². The monoisotopic (exact) mass is 392 g/mol. The summed E-state index contributed by atoms with van der Waals surface area (Å²) in [6.45, 7) is 20.2. The smallest absolute Gasteiger partial charge is 0.106 e. The molecule has 0 fully saturated rings. The Bertz CT molecular complexity index is 789. The molecule has 0 saturated carbocycles. The van der Waals surface area contributed by atoms with Gasteiger partial charge in [0, 0.05) is 12.1 Å². The van der Waals surface area contributed by atoms with E-state index in [-0.39, 0.29) is 0 Å². The summed E-state index contributed by atoms with van der Waals surface area (Å²) in [6, 6.07) is 13.3. The zero-order chi connectivity index (χ0) is 21.7. The number of para-hydroxylation sites is 2. The molecule has 0 aliphatic carbocycles. The molecule has 0 atom stereocenters. The highest BCUT2D eigenvalue weighted by Crippen LogP contribution is 2.36. The molecule has 0 amide bonds. The lowest BCUT2D eigenvalue weighted by Crippen LogP contribution is -2.15. The minimum Gasteiger partial charge on any atom is -0.343 e. The van der Waals surface area contributed by atoms with Crippen molar-refractivity contribution in [2.45, 2.75) is 92.4 Å². The number of rotatable bonds is 7. The Labute approximate surface area is 178 Å². The largest absolute Gasteiger partial charge is 0.343 e. The van der Waals surface area contributed by atoms with Crippen LogP contribution in [0.25, 0.3) is 0 Å². The zero-order valence-corrected chi connectivity index (χ0v) is 19.9. The minimum atomic E-state index is 0.444. The summed E-state index contributed by atoms with van der Waals surface area (Å²) in [5, 5.41) is 3.76. The van der Waals surface area contributed by atoms with Gasteiger partial charge in [0.2, 0.25) is 0 Å². The molecule has 2 rings (SSSR count). The maximum Gasteiger partial charge on any atom is 0.106 e. The van der Waals surface area contributed by atoms with Crippen LogP contribution in [-0.4, -0.2) is 5.84 Å². The van der Waals surface area contributed by atoms with E-state index in [0.717, 1.165) is 17.9 Å². The van der Waals surface area contributed by atoms with Crippen molar-refractivity contribution in [1.82, 2.24) is 0 Å². The average Bonchev–Trinajstić information content (AvgIpc) is 2.66. The van der Waals surface area contributed by atoms with Gasteiger partial charge in [-0.2, -0.15) is 0 Å². The molecule has 1 N–H and O–H groups in total. The number of nitrogens with one attached hydrogen (secondary N) is 1. The number of anilines is 1. The summed E-state index contributed by atoms with van der Waals surface area (Å²) in [4.78, 5) is 5.22. The van der Waals surface area contributed by atoms with Gasteiger partial charge < -0.3 is 5.32 Å². The van der Waals surface area contributed by atoms with Gasteiger partial charge in [0.25, 0.3) is 0 Å². The lowest BCUT2D eigenvalue weighted by molar-refractivity contribution is 0.833. The number of benzene rings is 2. The molecular weight excluding hydrogens is 352 g/mol. The van der Waals surface area contributed by atoms with Crippen LogP contribution in [0.1, 0.15) is 115 Å². The molecule has 2 nitrogen and oxygen atoms in total. The lowest BCUT2D eigenvalue weighted by Gasteiger charge is -2.22. The van der Waals surface area contributed by atoms with Crippen LogP contribution in [-0.2, 0) is 0 Å². The Morgan fingerprint density at radius 1 is 0.690 bits per heavy atom. The van der Waals surface area contributed by atoms with Gasteiger partial charge in [-0.1, -0.05) is 98.7 Å². The predicted octanol–water partition coefficient (Wildman–Crippen LogP) is 8.73. The summed E-state index contributed by atoms with van der Waals surface area (Å²) in [5.41, 5.74) is 7.76. The third-order valence-electron chi connectivity index (χ3n) is 5.57. The van der Waals surface area contributed by atoms with Crippen molar-refractivity contribution in [3.63, 3.8) is 0 Å². The second-order valence-corrected chi connectivity index (χ2v) is 9.25. The predicted molar refractivity (Wildman–Crippen MR) is 130 cm³/mol. The van der Waals surface area contributed by atoms with Crippen LogP contribution in [0.2, 0.25) is 0 Å². The van der Waals surface area contributed by atoms with E-state index in [1.54, 1.807) is 0 Å². The Balaban J connectivity index is 2.62. The second-order valence-electron chi connectivity index (χ2n) is 9.25. The zero-order valence-electron chi connectivity index (χ0n) is 19.9. The maximum atomic E-state index is 5.22. The Morgan fingerprint density at radius 2 is 1.07 bits per heavy atom. The highest BCUT2D eigenvalue weighted by molar-refractivity contribution is 5.98. The van der Waals surface area contributed by atoms with Crippen LogP contribution in [0.15, 0.2) is 41.4 Å². The normalized spacial score (nSPS) is 12.5. The summed E-state index contributed by atoms with van der Waals surface area (Å²) in [5.74, 6) is 2.85. The molecule has 0 heterocycles. The fourth-order valence-corrected chi connectivity index (χ4v) is 3.81. The lowest BCUT2D eigenvalue weighted by atomic mass is 9.92. The number of hydrogen-bond acceptors (Lipinski definition) is 1. The van der Waals surface area contributed by atoms with E-state index >= 15 is 0 Å². The summed E-state index contributed by atoms with van der Waals surface area (Å²) in [6.07, 6.45) is 0.869. The van der Waals surface area contributed by atoms with Crippen molar-refractivity contribution in [3.05, 3.63) is 58.7 Å². The van der Waals surface area contributed by atoms with E-state index in [1.807, 2.05) is 0 Å². The van der Waals surface area contributed by atoms with E-state index in [1.165, 1.54) is 27.9 Å². The van der Waals surface area contributed by atoms with Gasteiger partial charge in [-0.15, -0.1) is 0 Å². The van der Waals surface area contributed by atoms with E-state index in [2.05, 4.69) is 104 Å². The van der Waals surface area contributed by atoms with E-state index in [4.69, 9.17) is 4.99 Å². The Hall–Kier alpha value is -2.09. The number of amidine groups is 1. The van der Waals surface area contributed by atoms with Crippen LogP contribution in [0, 0.1) is 0 Å². The molecule has 0 saturated heterocycles. The SMILES string of the molecule is CCC(=Nc1c(C(C)C)cccc1C(C)C)Nc1c(C(C)C)cccc1C(C)C. The van der Waals surface area contributed by atoms with E-state index in [0.29, 0.717) is 23.7 Å². The highest BCUT2D eigenvalue weighted by atomic mass is 15.0. The minimum absolute atomic E-state index is 0.444. The Kier molecular flexibility index (Phi) is 8.07. The first kappa shape index (κ1) is 23.2. The van der Waals surface area contributed by atoms with Gasteiger partial charge in [0.15, 0.2) is 0 Å². The van der Waals surface area contributed by atoms with Gasteiger partial charge in [-0.3, -0.25) is 0 Å². The first-order chi connectivity index (χ1) is 13.7. The molecule has 158 valence electrons. The molecule has 2 heteroatoms. The molecule has 0 spiro atoms. The van der Waals surface area contributed by atoms with Gasteiger partial charge in [-0.05, 0) is 45.9 Å². The molecule has 0 aliphatic rings. The van der Waals surface area contributed by atoms with Crippen LogP contribution in [0.5, 0.6) is 0 Å². The fourth-order valence-electron chi connectivity index (χ4n) is 3.81. The van der Waals surface area contributed by atoms with Crippen LogP contribution in [0.4, 0.5) is 11.4 Å². The first-order valence-electron chi connectivity index (χ1n) is 11.3. The highest BCUT2D eigenvalue weighted by Gasteiger charge is 2.17. The van der Waals surface area contributed by atoms with Crippen molar-refractivity contribution in [2.24, 2.45) is 4.99 Å². The fraction of sp³-hybridized carbons (Fsp3) is 0.519. The molecule has 0 unspecified atom stereocenters. The summed E-state index contributed by atoms with van der Waals surface area (Å²) < 4.78 is 0. The molecule has 29 heavy (non-hydrogen) atoms. The maximum absolute atomic E-state index is 5.22. The molecule has 0 aromatic heterocycles. The van der Waals surface area contributed by atoms with Crippen molar-refractivity contribution in [3.8, 4) is 0 Å². The molecular formula is C27H40N2. The summed E-state index contributed by atoms with van der Waals surface area (Å²) in [7, 11) is 0. The average molecular weight is 393 g/mol. The molecule has 2 aromatic carbocycles. The Morgan fingerprint density at radius 3 is 1.41 bits per heavy atom. The first-order valence-corrected chi connectivity index (χ1v) is 11.3. The molecule has 0 aliphatic heterocycles. The summed E-state index contributed by atoms with van der Waals surface area (Å²) >= 11 is 0. The van der Waals surface area contributed by atoms with Gasteiger partial charge in [0.05, 0.1) is 5.69 Å². The van der Waals surface area contributed by atoms with Gasteiger partial charge in [0.1, 0.15) is 5.84 Å². The van der Waals surface area contributed by atoms with Crippen molar-refractivity contribution in [1.29, 1.82) is 0 Å². The third-order valence-corrected chi connectivity index (χ3v) is 5.57. The van der Waals surface area contributed by atoms with Crippen LogP contribution in [0.3, 0.4) is 0 Å². The second kappa shape index (κ2) is 10.1. The van der Waals surface area contributed by atoms with Gasteiger partial charge in [-0.25, -0.2) is 4.99 Å². The molecule has 0 radical (unpaired) electrons. The molecule has 2 aromatic rings. The number of aliphatic imine (C=N–C) groups is 1. The standard InChI is InChI=1S/C27H40N2/c1-10-25(28-26-21(17(2)3)13-11-14-22(26)18(4)5)29-27-23(19(6)7)15-12-16-24(27)20(8)9/h11-20H,10H2,1-9H3,(H,28,29).